The Hall–Kier alpha value is -0.390. The Bertz CT molecular complexity index is 464. The zero-order valence-corrected chi connectivity index (χ0v) is 19.6. The van der Waals surface area contributed by atoms with Crippen molar-refractivity contribution in [1.82, 2.24) is 6.15 Å². The zero-order valence-electron chi connectivity index (χ0n) is 18.8. The molecule has 0 aromatic carbocycles. The summed E-state index contributed by atoms with van der Waals surface area (Å²) < 4.78 is 34.1. The molecule has 0 saturated heterocycles. The Morgan fingerprint density at radius 2 is 1.07 bits per heavy atom. The van der Waals surface area contributed by atoms with Crippen molar-refractivity contribution in [2.45, 2.75) is 124 Å². The maximum absolute atomic E-state index is 11.4. The molecule has 0 fully saturated rings. The third kappa shape index (κ3) is 20.2. The summed E-state index contributed by atoms with van der Waals surface area (Å²) in [4.78, 5) is 0.0731. The second-order valence-corrected chi connectivity index (χ2v) is 10.2. The van der Waals surface area contributed by atoms with E-state index in [4.69, 9.17) is 0 Å². The van der Waals surface area contributed by atoms with Gasteiger partial charge in [0, 0.05) is 4.91 Å². The molecule has 0 aromatic rings. The number of rotatable bonds is 16. The highest BCUT2D eigenvalue weighted by Crippen LogP contribution is 2.24. The first-order chi connectivity index (χ1) is 12.2. The molecule has 0 atom stereocenters. The molecular weight excluding hydrogens is 358 g/mol. The molecule has 0 bridgehead atoms. The summed E-state index contributed by atoms with van der Waals surface area (Å²) in [5.74, 6) is 0. The molecule has 0 heterocycles. The maximum atomic E-state index is 11.4. The van der Waals surface area contributed by atoms with Gasteiger partial charge in [0.1, 0.15) is 10.1 Å². The minimum absolute atomic E-state index is 0. The van der Waals surface area contributed by atoms with Gasteiger partial charge >= 0.3 is 0 Å². The zero-order chi connectivity index (χ0) is 19.9. The second-order valence-electron chi connectivity index (χ2n) is 8.78. The number of unbranched alkanes of at least 4 members (excludes halogenated alkanes) is 13. The lowest BCUT2D eigenvalue weighted by molar-refractivity contribution is 0.463. The van der Waals surface area contributed by atoms with Gasteiger partial charge in [-0.2, -0.15) is 0 Å². The molecule has 0 aliphatic heterocycles. The number of hydrogen-bond acceptors (Lipinski definition) is 3. The van der Waals surface area contributed by atoms with E-state index in [1.807, 2.05) is 20.8 Å². The summed E-state index contributed by atoms with van der Waals surface area (Å²) in [6.45, 7) is 8.02. The fourth-order valence-corrected chi connectivity index (χ4v) is 4.14. The Kier molecular flexibility index (Phi) is 17.7. The molecule has 0 rings (SSSR count). The van der Waals surface area contributed by atoms with Crippen molar-refractivity contribution in [2.75, 3.05) is 0 Å². The SMILES string of the molecule is CCCCCCCCCCCCCCCCC(=CC(C)(C)C)S(=O)(=O)[O-].[NH4+]. The van der Waals surface area contributed by atoms with Crippen LogP contribution in [-0.2, 0) is 10.1 Å². The van der Waals surface area contributed by atoms with Crippen LogP contribution in [0.25, 0.3) is 0 Å². The Labute approximate surface area is 169 Å². The average molecular weight is 406 g/mol. The van der Waals surface area contributed by atoms with Crippen molar-refractivity contribution in [3.05, 3.63) is 11.0 Å². The van der Waals surface area contributed by atoms with Crippen molar-refractivity contribution in [2.24, 2.45) is 5.41 Å². The molecule has 0 spiro atoms. The van der Waals surface area contributed by atoms with E-state index in [1.165, 1.54) is 70.6 Å². The van der Waals surface area contributed by atoms with E-state index in [9.17, 15) is 13.0 Å². The molecule has 0 amide bonds. The van der Waals surface area contributed by atoms with E-state index in [0.29, 0.717) is 6.42 Å². The molecule has 0 aliphatic carbocycles. The molecule has 27 heavy (non-hydrogen) atoms. The number of hydrogen-bond donors (Lipinski definition) is 1. The van der Waals surface area contributed by atoms with E-state index in [2.05, 4.69) is 6.92 Å². The van der Waals surface area contributed by atoms with Crippen LogP contribution >= 0.6 is 0 Å². The first kappa shape index (κ1) is 28.8. The minimum atomic E-state index is -4.30. The predicted molar refractivity (Wildman–Crippen MR) is 118 cm³/mol. The summed E-state index contributed by atoms with van der Waals surface area (Å²) >= 11 is 0. The van der Waals surface area contributed by atoms with E-state index in [1.54, 1.807) is 6.08 Å². The van der Waals surface area contributed by atoms with Crippen LogP contribution in [0.15, 0.2) is 11.0 Å². The van der Waals surface area contributed by atoms with Gasteiger partial charge in [-0.3, -0.25) is 0 Å². The van der Waals surface area contributed by atoms with Gasteiger partial charge in [0.05, 0.1) is 0 Å². The smallest absolute Gasteiger partial charge is 0.120 e. The maximum Gasteiger partial charge on any atom is 0.120 e. The van der Waals surface area contributed by atoms with Crippen LogP contribution in [0, 0.1) is 5.41 Å². The van der Waals surface area contributed by atoms with Crippen LogP contribution in [0.4, 0.5) is 0 Å². The van der Waals surface area contributed by atoms with Crippen molar-refractivity contribution in [3.8, 4) is 0 Å². The fourth-order valence-electron chi connectivity index (χ4n) is 3.25. The molecule has 0 saturated carbocycles. The van der Waals surface area contributed by atoms with Gasteiger partial charge in [-0.1, -0.05) is 117 Å². The minimum Gasteiger partial charge on any atom is -0.744 e. The molecule has 4 nitrogen and oxygen atoms in total. The van der Waals surface area contributed by atoms with Crippen LogP contribution in [0.3, 0.4) is 0 Å². The molecule has 0 radical (unpaired) electrons. The topological polar surface area (TPSA) is 93.7 Å². The fraction of sp³-hybridized carbons (Fsp3) is 0.909. The predicted octanol–water partition coefficient (Wildman–Crippen LogP) is 7.71. The Morgan fingerprint density at radius 3 is 1.37 bits per heavy atom. The van der Waals surface area contributed by atoms with E-state index in [-0.39, 0.29) is 16.5 Å². The third-order valence-corrected chi connectivity index (χ3v) is 5.66. The van der Waals surface area contributed by atoms with Gasteiger partial charge in [-0.15, -0.1) is 0 Å². The second kappa shape index (κ2) is 16.6. The van der Waals surface area contributed by atoms with E-state index in [0.717, 1.165) is 19.3 Å². The molecule has 0 unspecified atom stereocenters. The highest BCUT2D eigenvalue weighted by atomic mass is 32.2. The summed E-state index contributed by atoms with van der Waals surface area (Å²) in [6.07, 6.45) is 19.8. The normalized spacial score (nSPS) is 12.9. The van der Waals surface area contributed by atoms with Gasteiger partial charge in [-0.05, 0) is 18.3 Å². The van der Waals surface area contributed by atoms with Gasteiger partial charge in [0.25, 0.3) is 0 Å². The van der Waals surface area contributed by atoms with Crippen molar-refractivity contribution in [3.63, 3.8) is 0 Å². The van der Waals surface area contributed by atoms with Crippen LogP contribution in [0.5, 0.6) is 0 Å². The first-order valence-electron chi connectivity index (χ1n) is 10.8. The third-order valence-electron chi connectivity index (χ3n) is 4.69. The monoisotopic (exact) mass is 405 g/mol. The molecule has 164 valence electrons. The van der Waals surface area contributed by atoms with Crippen LogP contribution < -0.4 is 6.15 Å². The van der Waals surface area contributed by atoms with Crippen molar-refractivity contribution in [1.29, 1.82) is 0 Å². The summed E-state index contributed by atoms with van der Waals surface area (Å²) in [7, 11) is -4.30. The quantitative estimate of drug-likeness (QED) is 0.210. The molecular formula is C22H47NO3S. The van der Waals surface area contributed by atoms with Crippen LogP contribution in [0.2, 0.25) is 0 Å². The molecule has 0 aromatic heterocycles. The summed E-state index contributed by atoms with van der Waals surface area (Å²) in [5.41, 5.74) is -0.275. The standard InChI is InChI=1S/C22H44O3S.H3N/c1-5-6-7-8-9-10-11-12-13-14-15-16-17-18-19-21(26(23,24)25)20-22(2,3)4;/h20H,5-19H2,1-4H3,(H,23,24,25);1H3. The molecule has 0 aliphatic rings. The molecule has 5 heteroatoms. The largest absolute Gasteiger partial charge is 0.744 e. The Balaban J connectivity index is 0. The highest BCUT2D eigenvalue weighted by molar-refractivity contribution is 7.89. The van der Waals surface area contributed by atoms with Crippen molar-refractivity contribution >= 4 is 10.1 Å². The van der Waals surface area contributed by atoms with E-state index >= 15 is 0 Å². The van der Waals surface area contributed by atoms with Crippen molar-refractivity contribution < 1.29 is 13.0 Å². The van der Waals surface area contributed by atoms with E-state index < -0.39 is 10.1 Å². The van der Waals surface area contributed by atoms with Gasteiger partial charge in [0.2, 0.25) is 0 Å². The molecule has 4 N–H and O–H groups in total. The van der Waals surface area contributed by atoms with Gasteiger partial charge in [-0.25, -0.2) is 8.42 Å². The lowest BCUT2D eigenvalue weighted by atomic mass is 9.95. The van der Waals surface area contributed by atoms with Crippen LogP contribution in [0.1, 0.15) is 124 Å². The van der Waals surface area contributed by atoms with Gasteiger partial charge in [0.15, 0.2) is 0 Å². The van der Waals surface area contributed by atoms with Gasteiger partial charge < -0.3 is 10.7 Å². The van der Waals surface area contributed by atoms with Crippen LogP contribution in [-0.4, -0.2) is 13.0 Å². The Morgan fingerprint density at radius 1 is 0.741 bits per heavy atom. The lowest BCUT2D eigenvalue weighted by Gasteiger charge is -2.18. The summed E-state index contributed by atoms with van der Waals surface area (Å²) in [5, 5.41) is 0. The lowest BCUT2D eigenvalue weighted by Crippen LogP contribution is -2.09. The number of quaternary nitrogens is 1. The number of allylic oxidation sites excluding steroid dienone is 2. The summed E-state index contributed by atoms with van der Waals surface area (Å²) in [6, 6.07) is 0. The average Bonchev–Trinajstić information content (AvgIpc) is 2.52. The first-order valence-corrected chi connectivity index (χ1v) is 12.3. The highest BCUT2D eigenvalue weighted by Gasteiger charge is 2.12.